The third-order valence-corrected chi connectivity index (χ3v) is 2.73. The number of halogens is 1. The van der Waals surface area contributed by atoms with Gasteiger partial charge in [-0.25, -0.2) is 0 Å². The van der Waals surface area contributed by atoms with Crippen LogP contribution in [0.3, 0.4) is 0 Å². The van der Waals surface area contributed by atoms with Gasteiger partial charge in [-0.15, -0.1) is 0 Å². The van der Waals surface area contributed by atoms with Crippen LogP contribution >= 0.6 is 11.6 Å². The molecule has 0 radical (unpaired) electrons. The quantitative estimate of drug-likeness (QED) is 0.911. The van der Waals surface area contributed by atoms with Crippen molar-refractivity contribution in [3.8, 4) is 5.75 Å². The number of nitrogens with two attached hydrogens (primary N) is 1. The number of aromatic nitrogens is 2. The number of hydrogen-bond donors (Lipinski definition) is 1. The van der Waals surface area contributed by atoms with Gasteiger partial charge in [-0.05, 0) is 37.1 Å². The standard InChI is InChI=1S/C13H16ClN3O2/c1-8(15)5-10-6-11(14)3-4-12(10)18-7-13-16-9(2)19-17-13/h3-4,6,8H,5,7,15H2,1-2H3. The molecule has 0 saturated heterocycles. The summed E-state index contributed by atoms with van der Waals surface area (Å²) in [7, 11) is 0. The zero-order valence-electron chi connectivity index (χ0n) is 10.9. The summed E-state index contributed by atoms with van der Waals surface area (Å²) in [5.41, 5.74) is 6.79. The number of hydrogen-bond acceptors (Lipinski definition) is 5. The number of ether oxygens (including phenoxy) is 1. The van der Waals surface area contributed by atoms with E-state index in [4.69, 9.17) is 26.6 Å². The molecule has 0 bridgehead atoms. The zero-order chi connectivity index (χ0) is 13.8. The van der Waals surface area contributed by atoms with Crippen molar-refractivity contribution in [1.82, 2.24) is 10.1 Å². The van der Waals surface area contributed by atoms with Crippen molar-refractivity contribution in [1.29, 1.82) is 0 Å². The molecule has 0 aliphatic rings. The molecule has 0 amide bonds. The van der Waals surface area contributed by atoms with E-state index in [1.165, 1.54) is 0 Å². The number of nitrogens with zero attached hydrogens (tertiary/aromatic N) is 2. The van der Waals surface area contributed by atoms with Crippen LogP contribution in [0.15, 0.2) is 22.7 Å². The van der Waals surface area contributed by atoms with Gasteiger partial charge in [0.05, 0.1) is 0 Å². The average Bonchev–Trinajstić information content (AvgIpc) is 2.73. The number of rotatable bonds is 5. The minimum Gasteiger partial charge on any atom is -0.485 e. The van der Waals surface area contributed by atoms with E-state index in [0.717, 1.165) is 11.3 Å². The van der Waals surface area contributed by atoms with Crippen LogP contribution in [0.2, 0.25) is 5.02 Å². The van der Waals surface area contributed by atoms with E-state index in [-0.39, 0.29) is 12.6 Å². The Morgan fingerprint density at radius 3 is 2.89 bits per heavy atom. The molecule has 0 fully saturated rings. The Hall–Kier alpha value is -1.59. The first-order valence-corrected chi connectivity index (χ1v) is 6.38. The monoisotopic (exact) mass is 281 g/mol. The molecular formula is C13H16ClN3O2. The van der Waals surface area contributed by atoms with Crippen LogP contribution in [-0.4, -0.2) is 16.2 Å². The van der Waals surface area contributed by atoms with Gasteiger partial charge >= 0.3 is 0 Å². The minimum absolute atomic E-state index is 0.0354. The van der Waals surface area contributed by atoms with Crippen molar-refractivity contribution < 1.29 is 9.26 Å². The maximum absolute atomic E-state index is 5.98. The largest absolute Gasteiger partial charge is 0.485 e. The molecule has 0 aliphatic carbocycles. The Bertz CT molecular complexity index is 555. The van der Waals surface area contributed by atoms with Crippen LogP contribution in [-0.2, 0) is 13.0 Å². The first kappa shape index (κ1) is 13.8. The highest BCUT2D eigenvalue weighted by Crippen LogP contribution is 2.24. The van der Waals surface area contributed by atoms with Crippen LogP contribution < -0.4 is 10.5 Å². The van der Waals surface area contributed by atoms with E-state index < -0.39 is 0 Å². The predicted molar refractivity (Wildman–Crippen MR) is 72.2 cm³/mol. The van der Waals surface area contributed by atoms with Gasteiger partial charge < -0.3 is 15.0 Å². The van der Waals surface area contributed by atoms with Crippen molar-refractivity contribution in [3.05, 3.63) is 40.5 Å². The van der Waals surface area contributed by atoms with Gasteiger partial charge in [0.1, 0.15) is 5.75 Å². The third-order valence-electron chi connectivity index (χ3n) is 2.49. The first-order chi connectivity index (χ1) is 9.04. The van der Waals surface area contributed by atoms with Crippen molar-refractivity contribution in [2.45, 2.75) is 32.9 Å². The second kappa shape index (κ2) is 6.04. The molecular weight excluding hydrogens is 266 g/mol. The predicted octanol–water partition coefficient (Wildman–Crippen LogP) is 2.50. The lowest BCUT2D eigenvalue weighted by molar-refractivity contribution is 0.282. The lowest BCUT2D eigenvalue weighted by Gasteiger charge is -2.12. The first-order valence-electron chi connectivity index (χ1n) is 6.00. The molecule has 6 heteroatoms. The Balaban J connectivity index is 2.10. The normalized spacial score (nSPS) is 12.4. The van der Waals surface area contributed by atoms with Crippen molar-refractivity contribution in [3.63, 3.8) is 0 Å². The highest BCUT2D eigenvalue weighted by molar-refractivity contribution is 6.30. The van der Waals surface area contributed by atoms with Crippen LogP contribution in [0.25, 0.3) is 0 Å². The summed E-state index contributed by atoms with van der Waals surface area (Å²) in [6.07, 6.45) is 0.696. The molecule has 0 aliphatic heterocycles. The summed E-state index contributed by atoms with van der Waals surface area (Å²) >= 11 is 5.98. The van der Waals surface area contributed by atoms with E-state index >= 15 is 0 Å². The molecule has 2 aromatic rings. The minimum atomic E-state index is 0.0354. The topological polar surface area (TPSA) is 74.2 Å². The zero-order valence-corrected chi connectivity index (χ0v) is 11.6. The van der Waals surface area contributed by atoms with E-state index in [2.05, 4.69) is 10.1 Å². The molecule has 19 heavy (non-hydrogen) atoms. The van der Waals surface area contributed by atoms with Crippen molar-refractivity contribution in [2.24, 2.45) is 5.73 Å². The lowest BCUT2D eigenvalue weighted by atomic mass is 10.1. The van der Waals surface area contributed by atoms with Crippen LogP contribution in [0.4, 0.5) is 0 Å². The van der Waals surface area contributed by atoms with Crippen LogP contribution in [0.1, 0.15) is 24.2 Å². The number of benzene rings is 1. The smallest absolute Gasteiger partial charge is 0.223 e. The molecule has 1 atom stereocenters. The van der Waals surface area contributed by atoms with Gasteiger partial charge in [0, 0.05) is 18.0 Å². The lowest BCUT2D eigenvalue weighted by Crippen LogP contribution is -2.18. The van der Waals surface area contributed by atoms with Gasteiger partial charge in [-0.1, -0.05) is 16.8 Å². The third kappa shape index (κ3) is 3.94. The van der Waals surface area contributed by atoms with Gasteiger partial charge in [0.15, 0.2) is 6.61 Å². The van der Waals surface area contributed by atoms with E-state index in [1.807, 2.05) is 19.1 Å². The fourth-order valence-electron chi connectivity index (χ4n) is 1.74. The highest BCUT2D eigenvalue weighted by Gasteiger charge is 2.09. The maximum Gasteiger partial charge on any atom is 0.223 e. The molecule has 0 spiro atoms. The molecule has 0 saturated carbocycles. The Morgan fingerprint density at radius 2 is 2.26 bits per heavy atom. The van der Waals surface area contributed by atoms with E-state index in [1.54, 1.807) is 13.0 Å². The second-order valence-corrected chi connectivity index (χ2v) is 4.89. The van der Waals surface area contributed by atoms with E-state index in [9.17, 15) is 0 Å². The van der Waals surface area contributed by atoms with Crippen LogP contribution in [0.5, 0.6) is 5.75 Å². The van der Waals surface area contributed by atoms with Crippen molar-refractivity contribution >= 4 is 11.6 Å². The molecule has 102 valence electrons. The summed E-state index contributed by atoms with van der Waals surface area (Å²) in [6.45, 7) is 3.93. The Kier molecular flexibility index (Phi) is 4.39. The summed E-state index contributed by atoms with van der Waals surface area (Å²) in [5.74, 6) is 1.77. The number of aryl methyl sites for hydroxylation is 1. The molecule has 2 N–H and O–H groups in total. The Labute approximate surface area is 116 Å². The molecule has 1 aromatic carbocycles. The highest BCUT2D eigenvalue weighted by atomic mass is 35.5. The van der Waals surface area contributed by atoms with Gasteiger partial charge in [-0.3, -0.25) is 0 Å². The molecule has 2 rings (SSSR count). The summed E-state index contributed by atoms with van der Waals surface area (Å²) in [6, 6.07) is 5.51. The summed E-state index contributed by atoms with van der Waals surface area (Å²) < 4.78 is 10.6. The van der Waals surface area contributed by atoms with Gasteiger partial charge in [0.25, 0.3) is 0 Å². The molecule has 1 heterocycles. The SMILES string of the molecule is Cc1nc(COc2ccc(Cl)cc2CC(C)N)no1. The van der Waals surface area contributed by atoms with Crippen molar-refractivity contribution in [2.75, 3.05) is 0 Å². The summed E-state index contributed by atoms with van der Waals surface area (Å²) in [5, 5.41) is 4.44. The maximum atomic E-state index is 5.98. The Morgan fingerprint density at radius 1 is 1.47 bits per heavy atom. The average molecular weight is 282 g/mol. The second-order valence-electron chi connectivity index (χ2n) is 4.45. The van der Waals surface area contributed by atoms with Gasteiger partial charge in [-0.2, -0.15) is 4.98 Å². The molecule has 1 aromatic heterocycles. The van der Waals surface area contributed by atoms with Gasteiger partial charge in [0.2, 0.25) is 11.7 Å². The molecule has 1 unspecified atom stereocenters. The molecule has 5 nitrogen and oxygen atoms in total. The van der Waals surface area contributed by atoms with E-state index in [0.29, 0.717) is 23.2 Å². The fraction of sp³-hybridized carbons (Fsp3) is 0.385. The summed E-state index contributed by atoms with van der Waals surface area (Å²) in [4.78, 5) is 4.08. The fourth-order valence-corrected chi connectivity index (χ4v) is 1.93. The van der Waals surface area contributed by atoms with Crippen LogP contribution in [0, 0.1) is 6.92 Å².